The number of carbonyl (C=O) groups is 1. The van der Waals surface area contributed by atoms with Gasteiger partial charge in [-0.1, -0.05) is 69.3 Å². The topological polar surface area (TPSA) is 65.0 Å². The molecule has 3 rings (SSSR count). The van der Waals surface area contributed by atoms with Crippen LogP contribution < -0.4 is 14.2 Å². The Morgan fingerprint density at radius 2 is 1.47 bits per heavy atom. The minimum Gasteiger partial charge on any atom is -0.489 e. The van der Waals surface area contributed by atoms with Gasteiger partial charge in [-0.2, -0.15) is 0 Å². The number of hydrogen-bond donors (Lipinski definition) is 1. The minimum atomic E-state index is -1.02. The second-order valence-corrected chi connectivity index (χ2v) is 8.74. The molecule has 5 nitrogen and oxygen atoms in total. The highest BCUT2D eigenvalue weighted by Crippen LogP contribution is 2.27. The molecule has 3 aromatic rings. The summed E-state index contributed by atoms with van der Waals surface area (Å²) in [6, 6.07) is 21.6. The summed E-state index contributed by atoms with van der Waals surface area (Å²) in [5.41, 5.74) is 4.17. The first-order chi connectivity index (χ1) is 15.2. The molecule has 0 unspecified atom stereocenters. The smallest absolute Gasteiger partial charge is 0.341 e. The molecule has 168 valence electrons. The van der Waals surface area contributed by atoms with Gasteiger partial charge in [0.2, 0.25) is 0 Å². The van der Waals surface area contributed by atoms with Crippen LogP contribution in [0.3, 0.4) is 0 Å². The van der Waals surface area contributed by atoms with Crippen molar-refractivity contribution in [3.63, 3.8) is 0 Å². The Balaban J connectivity index is 1.61. The molecule has 1 N–H and O–H groups in total. The lowest BCUT2D eigenvalue weighted by Gasteiger charge is -2.19. The van der Waals surface area contributed by atoms with E-state index in [2.05, 4.69) is 45.0 Å². The zero-order valence-electron chi connectivity index (χ0n) is 19.1. The second kappa shape index (κ2) is 10.2. The molecule has 3 aromatic carbocycles. The summed E-state index contributed by atoms with van der Waals surface area (Å²) in [5.74, 6) is 0.907. The van der Waals surface area contributed by atoms with Gasteiger partial charge in [0, 0.05) is 11.6 Å². The van der Waals surface area contributed by atoms with Crippen molar-refractivity contribution in [3.05, 3.63) is 89.0 Å². The Hall–Kier alpha value is -3.47. The molecule has 0 saturated carbocycles. The predicted octanol–water partition coefficient (Wildman–Crippen LogP) is 5.91. The van der Waals surface area contributed by atoms with Gasteiger partial charge in [0.25, 0.3) is 0 Å². The first-order valence-corrected chi connectivity index (χ1v) is 10.6. The minimum absolute atomic E-state index is 0.126. The molecular weight excluding hydrogens is 404 g/mol. The van der Waals surface area contributed by atoms with Crippen LogP contribution in [0.1, 0.15) is 43.0 Å². The number of ether oxygens (including phenoxy) is 3. The van der Waals surface area contributed by atoms with Crippen LogP contribution >= 0.6 is 0 Å². The number of benzene rings is 3. The van der Waals surface area contributed by atoms with Crippen molar-refractivity contribution in [2.75, 3.05) is 6.61 Å². The van der Waals surface area contributed by atoms with Gasteiger partial charge in [0.05, 0.1) is 0 Å². The Morgan fingerprint density at radius 1 is 0.844 bits per heavy atom. The van der Waals surface area contributed by atoms with Crippen molar-refractivity contribution >= 4 is 5.97 Å². The first kappa shape index (κ1) is 23.2. The highest BCUT2D eigenvalue weighted by atomic mass is 16.5. The number of rotatable bonds is 9. The number of hydrogen-bond acceptors (Lipinski definition) is 4. The molecule has 0 aliphatic carbocycles. The molecule has 0 bridgehead atoms. The van der Waals surface area contributed by atoms with Gasteiger partial charge in [0.1, 0.15) is 30.5 Å². The van der Waals surface area contributed by atoms with Crippen molar-refractivity contribution in [3.8, 4) is 17.2 Å². The Kier molecular flexibility index (Phi) is 7.41. The molecule has 0 amide bonds. The van der Waals surface area contributed by atoms with Crippen LogP contribution in [0.25, 0.3) is 0 Å². The monoisotopic (exact) mass is 434 g/mol. The van der Waals surface area contributed by atoms with E-state index in [1.807, 2.05) is 49.4 Å². The van der Waals surface area contributed by atoms with Gasteiger partial charge < -0.3 is 19.3 Å². The molecule has 0 radical (unpaired) electrons. The van der Waals surface area contributed by atoms with Gasteiger partial charge >= 0.3 is 5.97 Å². The van der Waals surface area contributed by atoms with Crippen LogP contribution in [0.15, 0.2) is 66.7 Å². The van der Waals surface area contributed by atoms with Crippen LogP contribution in [0.4, 0.5) is 0 Å². The molecular formula is C27H30O5. The average Bonchev–Trinajstić information content (AvgIpc) is 2.75. The van der Waals surface area contributed by atoms with E-state index in [0.717, 1.165) is 16.7 Å². The summed E-state index contributed by atoms with van der Waals surface area (Å²) in [6.45, 7) is 8.81. The van der Waals surface area contributed by atoms with Crippen LogP contribution in [0, 0.1) is 6.92 Å². The van der Waals surface area contributed by atoms with E-state index in [9.17, 15) is 4.79 Å². The molecule has 0 spiro atoms. The van der Waals surface area contributed by atoms with Crippen molar-refractivity contribution in [1.82, 2.24) is 0 Å². The third-order valence-corrected chi connectivity index (χ3v) is 5.06. The second-order valence-electron chi connectivity index (χ2n) is 8.74. The lowest BCUT2D eigenvalue weighted by atomic mass is 9.87. The van der Waals surface area contributed by atoms with E-state index in [0.29, 0.717) is 23.9 Å². The molecule has 32 heavy (non-hydrogen) atoms. The summed E-state index contributed by atoms with van der Waals surface area (Å²) in [6.07, 6.45) is 0. The van der Waals surface area contributed by atoms with Crippen molar-refractivity contribution in [2.45, 2.75) is 46.3 Å². The Labute approximate surface area is 189 Å². The summed E-state index contributed by atoms with van der Waals surface area (Å²) in [4.78, 5) is 10.9. The maximum absolute atomic E-state index is 10.9. The van der Waals surface area contributed by atoms with Gasteiger partial charge in [-0.25, -0.2) is 4.79 Å². The highest BCUT2D eigenvalue weighted by Gasteiger charge is 2.13. The standard InChI is InChI=1S/C27H30O5/c1-19-7-5-8-21(26(19)32-18-25(28)29)17-31-24-10-6-9-23(15-24)30-16-20-11-13-22(14-12-20)27(2,3)4/h5-15H,16-18H2,1-4H3,(H,28,29). The third kappa shape index (κ3) is 6.51. The molecule has 0 aliphatic rings. The zero-order chi connectivity index (χ0) is 23.1. The lowest BCUT2D eigenvalue weighted by molar-refractivity contribution is -0.139. The molecule has 0 heterocycles. The highest BCUT2D eigenvalue weighted by molar-refractivity contribution is 5.68. The number of carboxylic acid groups (broad SMARTS) is 1. The lowest BCUT2D eigenvalue weighted by Crippen LogP contribution is -2.12. The fourth-order valence-electron chi connectivity index (χ4n) is 3.25. The SMILES string of the molecule is Cc1cccc(COc2cccc(OCc3ccc(C(C)(C)C)cc3)c2)c1OCC(=O)O. The third-order valence-electron chi connectivity index (χ3n) is 5.06. The van der Waals surface area contributed by atoms with E-state index in [-0.39, 0.29) is 12.0 Å². The van der Waals surface area contributed by atoms with Gasteiger partial charge in [-0.15, -0.1) is 0 Å². The van der Waals surface area contributed by atoms with Crippen molar-refractivity contribution in [1.29, 1.82) is 0 Å². The van der Waals surface area contributed by atoms with Crippen LogP contribution in [0.2, 0.25) is 0 Å². The number of para-hydroxylation sites is 1. The molecule has 0 aliphatic heterocycles. The van der Waals surface area contributed by atoms with Gasteiger partial charge in [-0.3, -0.25) is 0 Å². The predicted molar refractivity (Wildman–Crippen MR) is 125 cm³/mol. The van der Waals surface area contributed by atoms with E-state index in [1.54, 1.807) is 0 Å². The summed E-state index contributed by atoms with van der Waals surface area (Å²) >= 11 is 0. The average molecular weight is 435 g/mol. The normalized spacial score (nSPS) is 11.1. The molecule has 0 atom stereocenters. The Morgan fingerprint density at radius 3 is 2.09 bits per heavy atom. The first-order valence-electron chi connectivity index (χ1n) is 10.6. The fourth-order valence-corrected chi connectivity index (χ4v) is 3.25. The van der Waals surface area contributed by atoms with Crippen molar-refractivity contribution in [2.24, 2.45) is 0 Å². The van der Waals surface area contributed by atoms with Crippen LogP contribution in [-0.2, 0) is 23.4 Å². The number of carboxylic acids is 1. The summed E-state index contributed by atoms with van der Waals surface area (Å²) in [7, 11) is 0. The van der Waals surface area contributed by atoms with Crippen LogP contribution in [0.5, 0.6) is 17.2 Å². The maximum atomic E-state index is 10.9. The van der Waals surface area contributed by atoms with E-state index >= 15 is 0 Å². The number of aryl methyl sites for hydroxylation is 1. The maximum Gasteiger partial charge on any atom is 0.341 e. The van der Waals surface area contributed by atoms with Crippen LogP contribution in [-0.4, -0.2) is 17.7 Å². The van der Waals surface area contributed by atoms with Gasteiger partial charge in [-0.05, 0) is 41.2 Å². The largest absolute Gasteiger partial charge is 0.489 e. The quantitative estimate of drug-likeness (QED) is 0.453. The summed E-state index contributed by atoms with van der Waals surface area (Å²) in [5, 5.41) is 8.91. The van der Waals surface area contributed by atoms with E-state index in [4.69, 9.17) is 19.3 Å². The van der Waals surface area contributed by atoms with Gasteiger partial charge in [0.15, 0.2) is 6.61 Å². The zero-order valence-corrected chi connectivity index (χ0v) is 19.1. The molecule has 0 fully saturated rings. The van der Waals surface area contributed by atoms with E-state index < -0.39 is 12.6 Å². The number of aliphatic carboxylic acids is 1. The molecule has 0 saturated heterocycles. The Bertz CT molecular complexity index is 1050. The fraction of sp³-hybridized carbons (Fsp3) is 0.296. The van der Waals surface area contributed by atoms with E-state index in [1.165, 1.54) is 5.56 Å². The molecule has 0 aromatic heterocycles. The molecule has 5 heteroatoms. The van der Waals surface area contributed by atoms with Crippen molar-refractivity contribution < 1.29 is 24.1 Å². The summed E-state index contributed by atoms with van der Waals surface area (Å²) < 4.78 is 17.3.